The van der Waals surface area contributed by atoms with Crippen LogP contribution in [0, 0.1) is 0 Å². The highest BCUT2D eigenvalue weighted by molar-refractivity contribution is 5.85. The highest BCUT2D eigenvalue weighted by Crippen LogP contribution is 2.29. The zero-order chi connectivity index (χ0) is 10.7. The molecule has 88 valence electrons. The standard InChI is InChI=1S/C12H13F2N.ClH/c13-12(14)11-4-2-1-3-10(11)9-5-7-15-8-6-9;/h1-5,12,15H,6-8H2;1H. The highest BCUT2D eigenvalue weighted by Gasteiger charge is 2.15. The molecule has 16 heavy (non-hydrogen) atoms. The van der Waals surface area contributed by atoms with Gasteiger partial charge in [0.2, 0.25) is 0 Å². The van der Waals surface area contributed by atoms with E-state index in [4.69, 9.17) is 0 Å². The van der Waals surface area contributed by atoms with Crippen molar-refractivity contribution in [3.8, 4) is 0 Å². The molecule has 1 aromatic carbocycles. The van der Waals surface area contributed by atoms with Crippen molar-refractivity contribution in [2.24, 2.45) is 0 Å². The molecule has 0 radical (unpaired) electrons. The molecule has 0 spiro atoms. The first-order valence-electron chi connectivity index (χ1n) is 5.06. The fourth-order valence-electron chi connectivity index (χ4n) is 1.85. The second-order valence-electron chi connectivity index (χ2n) is 3.57. The van der Waals surface area contributed by atoms with Crippen LogP contribution in [-0.2, 0) is 0 Å². The van der Waals surface area contributed by atoms with Gasteiger partial charge in [-0.1, -0.05) is 30.3 Å². The predicted molar refractivity (Wildman–Crippen MR) is 64.1 cm³/mol. The lowest BCUT2D eigenvalue weighted by molar-refractivity contribution is 0.151. The van der Waals surface area contributed by atoms with Crippen molar-refractivity contribution in [3.63, 3.8) is 0 Å². The zero-order valence-electron chi connectivity index (χ0n) is 8.75. The molecule has 0 amide bonds. The fraction of sp³-hybridized carbons (Fsp3) is 0.333. The molecule has 0 unspecified atom stereocenters. The first-order chi connectivity index (χ1) is 7.29. The summed E-state index contributed by atoms with van der Waals surface area (Å²) in [6, 6.07) is 6.75. The van der Waals surface area contributed by atoms with E-state index in [0.717, 1.165) is 25.1 Å². The van der Waals surface area contributed by atoms with E-state index >= 15 is 0 Å². The lowest BCUT2D eigenvalue weighted by atomic mass is 9.96. The van der Waals surface area contributed by atoms with Crippen LogP contribution in [0.15, 0.2) is 30.3 Å². The Morgan fingerprint density at radius 2 is 1.94 bits per heavy atom. The van der Waals surface area contributed by atoms with Crippen LogP contribution in [0.4, 0.5) is 8.78 Å². The van der Waals surface area contributed by atoms with Gasteiger partial charge >= 0.3 is 0 Å². The monoisotopic (exact) mass is 245 g/mol. The molecule has 1 aliphatic rings. The molecule has 0 atom stereocenters. The Kier molecular flexibility index (Phi) is 4.90. The minimum absolute atomic E-state index is 0. The Morgan fingerprint density at radius 3 is 2.56 bits per heavy atom. The summed E-state index contributed by atoms with van der Waals surface area (Å²) in [5.41, 5.74) is 1.88. The van der Waals surface area contributed by atoms with Crippen LogP contribution in [0.5, 0.6) is 0 Å². The summed E-state index contributed by atoms with van der Waals surface area (Å²) in [6.45, 7) is 1.64. The van der Waals surface area contributed by atoms with E-state index in [9.17, 15) is 8.78 Å². The molecular formula is C12H14ClF2N. The van der Waals surface area contributed by atoms with Crippen LogP contribution in [-0.4, -0.2) is 13.1 Å². The summed E-state index contributed by atoms with van der Waals surface area (Å²) < 4.78 is 25.5. The third-order valence-electron chi connectivity index (χ3n) is 2.61. The second kappa shape index (κ2) is 5.97. The first-order valence-corrected chi connectivity index (χ1v) is 5.06. The van der Waals surface area contributed by atoms with E-state index in [1.807, 2.05) is 12.1 Å². The van der Waals surface area contributed by atoms with Crippen LogP contribution < -0.4 is 5.32 Å². The first kappa shape index (κ1) is 13.1. The molecule has 0 aliphatic carbocycles. The van der Waals surface area contributed by atoms with Gasteiger partial charge in [-0.15, -0.1) is 12.4 Å². The van der Waals surface area contributed by atoms with Crippen LogP contribution >= 0.6 is 12.4 Å². The summed E-state index contributed by atoms with van der Waals surface area (Å²) in [5.74, 6) is 0. The highest BCUT2D eigenvalue weighted by atomic mass is 35.5. The van der Waals surface area contributed by atoms with Crippen molar-refractivity contribution in [1.82, 2.24) is 5.32 Å². The second-order valence-corrected chi connectivity index (χ2v) is 3.57. The van der Waals surface area contributed by atoms with Crippen LogP contribution in [0.25, 0.3) is 5.57 Å². The maximum absolute atomic E-state index is 12.7. The minimum atomic E-state index is -2.39. The van der Waals surface area contributed by atoms with Gasteiger partial charge in [0.25, 0.3) is 6.43 Å². The van der Waals surface area contributed by atoms with Crippen molar-refractivity contribution in [1.29, 1.82) is 0 Å². The topological polar surface area (TPSA) is 12.0 Å². The summed E-state index contributed by atoms with van der Waals surface area (Å²) in [4.78, 5) is 0. The summed E-state index contributed by atoms with van der Waals surface area (Å²) in [6.07, 6.45) is 0.422. The van der Waals surface area contributed by atoms with Crippen LogP contribution in [0.3, 0.4) is 0 Å². The maximum Gasteiger partial charge on any atom is 0.264 e. The summed E-state index contributed by atoms with van der Waals surface area (Å²) in [7, 11) is 0. The third kappa shape index (κ3) is 2.80. The number of hydrogen-bond acceptors (Lipinski definition) is 1. The molecule has 1 aromatic rings. The molecule has 0 saturated carbocycles. The van der Waals surface area contributed by atoms with Crippen LogP contribution in [0.1, 0.15) is 24.0 Å². The fourth-order valence-corrected chi connectivity index (χ4v) is 1.85. The molecule has 1 N–H and O–H groups in total. The SMILES string of the molecule is Cl.FC(F)c1ccccc1C1=CCNCC1. The average molecular weight is 246 g/mol. The quantitative estimate of drug-likeness (QED) is 0.842. The van der Waals surface area contributed by atoms with E-state index < -0.39 is 6.43 Å². The number of benzene rings is 1. The Bertz CT molecular complexity index is 377. The van der Waals surface area contributed by atoms with E-state index in [1.165, 1.54) is 6.07 Å². The van der Waals surface area contributed by atoms with Crippen LogP contribution in [0.2, 0.25) is 0 Å². The number of hydrogen-bond donors (Lipinski definition) is 1. The molecule has 0 fully saturated rings. The Labute approximate surface area is 100.0 Å². The lowest BCUT2D eigenvalue weighted by Crippen LogP contribution is -2.20. The predicted octanol–water partition coefficient (Wildman–Crippen LogP) is 3.42. The van der Waals surface area contributed by atoms with E-state index in [-0.39, 0.29) is 18.0 Å². The smallest absolute Gasteiger partial charge is 0.264 e. The molecule has 0 saturated heterocycles. The van der Waals surface area contributed by atoms with E-state index in [2.05, 4.69) is 5.32 Å². The molecular weight excluding hydrogens is 232 g/mol. The lowest BCUT2D eigenvalue weighted by Gasteiger charge is -2.16. The molecule has 0 aromatic heterocycles. The number of halogens is 3. The minimum Gasteiger partial charge on any atom is -0.313 e. The van der Waals surface area contributed by atoms with Gasteiger partial charge in [-0.25, -0.2) is 8.78 Å². The van der Waals surface area contributed by atoms with Gasteiger partial charge in [-0.2, -0.15) is 0 Å². The Balaban J connectivity index is 0.00000128. The van der Waals surface area contributed by atoms with E-state index in [1.54, 1.807) is 12.1 Å². The van der Waals surface area contributed by atoms with Gasteiger partial charge < -0.3 is 5.32 Å². The van der Waals surface area contributed by atoms with Gasteiger partial charge in [0, 0.05) is 12.1 Å². The van der Waals surface area contributed by atoms with Gasteiger partial charge in [-0.3, -0.25) is 0 Å². The normalized spacial score (nSPS) is 15.6. The molecule has 1 nitrogen and oxygen atoms in total. The number of alkyl halides is 2. The van der Waals surface area contributed by atoms with E-state index in [0.29, 0.717) is 5.56 Å². The largest absolute Gasteiger partial charge is 0.313 e. The number of nitrogens with one attached hydrogen (secondary N) is 1. The van der Waals surface area contributed by atoms with Gasteiger partial charge in [0.05, 0.1) is 0 Å². The molecule has 1 aliphatic heterocycles. The summed E-state index contributed by atoms with van der Waals surface area (Å²) in [5, 5.41) is 3.17. The van der Waals surface area contributed by atoms with Crippen molar-refractivity contribution >= 4 is 18.0 Å². The number of rotatable bonds is 2. The molecule has 0 bridgehead atoms. The zero-order valence-corrected chi connectivity index (χ0v) is 9.57. The van der Waals surface area contributed by atoms with Crippen molar-refractivity contribution in [2.45, 2.75) is 12.8 Å². The van der Waals surface area contributed by atoms with Gasteiger partial charge in [-0.05, 0) is 24.1 Å². The van der Waals surface area contributed by atoms with Crippen molar-refractivity contribution in [3.05, 3.63) is 41.5 Å². The van der Waals surface area contributed by atoms with Crippen molar-refractivity contribution < 1.29 is 8.78 Å². The molecule has 2 rings (SSSR count). The third-order valence-corrected chi connectivity index (χ3v) is 2.61. The maximum atomic E-state index is 12.7. The average Bonchev–Trinajstić information content (AvgIpc) is 2.30. The van der Waals surface area contributed by atoms with Gasteiger partial charge in [0.1, 0.15) is 0 Å². The Hall–Kier alpha value is -0.930. The molecule has 1 heterocycles. The Morgan fingerprint density at radius 1 is 1.19 bits per heavy atom. The van der Waals surface area contributed by atoms with Gasteiger partial charge in [0.15, 0.2) is 0 Å². The van der Waals surface area contributed by atoms with Crippen molar-refractivity contribution in [2.75, 3.05) is 13.1 Å². The summed E-state index contributed by atoms with van der Waals surface area (Å²) >= 11 is 0. The molecule has 4 heteroatoms.